The Labute approximate surface area is 106 Å². The van der Waals surface area contributed by atoms with Crippen LogP contribution in [0.2, 0.25) is 0 Å². The molecule has 1 unspecified atom stereocenters. The molecule has 0 aromatic carbocycles. The molecule has 0 spiro atoms. The van der Waals surface area contributed by atoms with Crippen LogP contribution in [0.25, 0.3) is 0 Å². The van der Waals surface area contributed by atoms with E-state index < -0.39 is 0 Å². The maximum Gasteiger partial charge on any atom is 0.0773 e. The lowest BCUT2D eigenvalue weighted by Crippen LogP contribution is -2.15. The monoisotopic (exact) mass is 301 g/mol. The number of rotatable bonds is 3. The fourth-order valence-electron chi connectivity index (χ4n) is 1.52. The highest BCUT2D eigenvalue weighted by molar-refractivity contribution is 9.10. The summed E-state index contributed by atoms with van der Waals surface area (Å²) >= 11 is 7.22. The molecule has 0 saturated heterocycles. The second-order valence-electron chi connectivity index (χ2n) is 3.30. The summed E-state index contributed by atoms with van der Waals surface area (Å²) in [6.45, 7) is 2.14. The summed E-state index contributed by atoms with van der Waals surface area (Å²) in [7, 11) is 2.01. The Morgan fingerprint density at radius 1 is 1.33 bits per heavy atom. The van der Waals surface area contributed by atoms with Crippen LogP contribution in [0.4, 0.5) is 0 Å². The summed E-state index contributed by atoms with van der Waals surface area (Å²) in [4.78, 5) is 4.08. The molecule has 0 amide bonds. The van der Waals surface area contributed by atoms with Crippen LogP contribution >= 0.6 is 38.6 Å². The summed E-state index contributed by atoms with van der Waals surface area (Å²) < 4.78 is 1.19. The van der Waals surface area contributed by atoms with E-state index in [1.165, 1.54) is 19.1 Å². The fraction of sp³-hybridized carbons (Fsp3) is 0.273. The van der Waals surface area contributed by atoms with Gasteiger partial charge < -0.3 is 5.32 Å². The molecule has 0 aliphatic carbocycles. The van der Waals surface area contributed by atoms with Crippen molar-refractivity contribution in [2.24, 2.45) is 0 Å². The van der Waals surface area contributed by atoms with E-state index in [0.717, 1.165) is 0 Å². The lowest BCUT2D eigenvalue weighted by molar-refractivity contribution is 0.714. The summed E-state index contributed by atoms with van der Waals surface area (Å²) in [5.41, 5.74) is 0. The van der Waals surface area contributed by atoms with Crippen molar-refractivity contribution in [3.05, 3.63) is 42.7 Å². The van der Waals surface area contributed by atoms with Gasteiger partial charge in [0.1, 0.15) is 0 Å². The van der Waals surface area contributed by atoms with Gasteiger partial charge >= 0.3 is 0 Å². The summed E-state index contributed by atoms with van der Waals surface area (Å²) in [5, 5.41) is 5.48. The first kappa shape index (κ1) is 11.3. The van der Waals surface area contributed by atoms with E-state index in [-0.39, 0.29) is 0 Å². The maximum absolute atomic E-state index is 3.59. The van der Waals surface area contributed by atoms with Crippen LogP contribution in [0.3, 0.4) is 0 Å². The number of hydrogen-bond acceptors (Lipinski definition) is 3. The number of aryl methyl sites for hydroxylation is 1. The molecule has 1 N–H and O–H groups in total. The first-order chi connectivity index (χ1) is 7.22. The number of nitrogens with one attached hydrogen (secondary N) is 1. The van der Waals surface area contributed by atoms with Gasteiger partial charge in [0.15, 0.2) is 0 Å². The number of thiophene rings is 2. The van der Waals surface area contributed by atoms with Crippen LogP contribution in [-0.2, 0) is 0 Å². The van der Waals surface area contributed by atoms with Crippen LogP contribution < -0.4 is 5.32 Å². The van der Waals surface area contributed by atoms with Gasteiger partial charge in [-0.15, -0.1) is 22.7 Å². The Balaban J connectivity index is 2.36. The highest BCUT2D eigenvalue weighted by atomic mass is 79.9. The maximum atomic E-state index is 3.59. The van der Waals surface area contributed by atoms with Crippen LogP contribution in [0.15, 0.2) is 28.1 Å². The van der Waals surface area contributed by atoms with E-state index in [0.29, 0.717) is 6.04 Å². The van der Waals surface area contributed by atoms with E-state index in [1.807, 2.05) is 18.4 Å². The van der Waals surface area contributed by atoms with E-state index in [1.54, 1.807) is 11.3 Å². The zero-order chi connectivity index (χ0) is 10.8. The molecule has 0 bridgehead atoms. The molecule has 4 heteroatoms. The van der Waals surface area contributed by atoms with Crippen molar-refractivity contribution in [3.8, 4) is 0 Å². The molecule has 2 rings (SSSR count). The third-order valence-corrected chi connectivity index (χ3v) is 5.24. The predicted molar refractivity (Wildman–Crippen MR) is 72.0 cm³/mol. The van der Waals surface area contributed by atoms with Gasteiger partial charge in [-0.05, 0) is 53.5 Å². The minimum atomic E-state index is 0.318. The van der Waals surface area contributed by atoms with Gasteiger partial charge in [0.2, 0.25) is 0 Å². The largest absolute Gasteiger partial charge is 0.308 e. The third-order valence-electron chi connectivity index (χ3n) is 2.24. The summed E-state index contributed by atoms with van der Waals surface area (Å²) in [6, 6.07) is 6.79. The van der Waals surface area contributed by atoms with Crippen LogP contribution in [0.5, 0.6) is 0 Å². The van der Waals surface area contributed by atoms with E-state index in [2.05, 4.69) is 51.7 Å². The molecular weight excluding hydrogens is 290 g/mol. The Morgan fingerprint density at radius 2 is 2.13 bits per heavy atom. The Bertz CT molecular complexity index is 447. The molecule has 15 heavy (non-hydrogen) atoms. The van der Waals surface area contributed by atoms with Gasteiger partial charge in [-0.1, -0.05) is 0 Å². The summed E-state index contributed by atoms with van der Waals surface area (Å²) in [5.74, 6) is 0. The van der Waals surface area contributed by atoms with Gasteiger partial charge in [0.05, 0.1) is 6.04 Å². The first-order valence-electron chi connectivity index (χ1n) is 4.69. The average Bonchev–Trinajstić information content (AvgIpc) is 2.79. The average molecular weight is 302 g/mol. The van der Waals surface area contributed by atoms with Gasteiger partial charge in [-0.2, -0.15) is 0 Å². The zero-order valence-corrected chi connectivity index (χ0v) is 11.8. The topological polar surface area (TPSA) is 12.0 Å². The van der Waals surface area contributed by atoms with Gasteiger partial charge in [0, 0.05) is 19.1 Å². The molecule has 0 aliphatic heterocycles. The van der Waals surface area contributed by atoms with Crippen LogP contribution in [0, 0.1) is 6.92 Å². The minimum Gasteiger partial charge on any atom is -0.308 e. The van der Waals surface area contributed by atoms with Gasteiger partial charge in [-0.25, -0.2) is 0 Å². The predicted octanol–water partition coefficient (Wildman–Crippen LogP) is 4.19. The molecule has 0 fully saturated rings. The van der Waals surface area contributed by atoms with Crippen LogP contribution in [-0.4, -0.2) is 7.05 Å². The first-order valence-corrected chi connectivity index (χ1v) is 7.17. The van der Waals surface area contributed by atoms with Gasteiger partial charge in [0.25, 0.3) is 0 Å². The van der Waals surface area contributed by atoms with Crippen molar-refractivity contribution in [1.82, 2.24) is 5.32 Å². The van der Waals surface area contributed by atoms with Crippen molar-refractivity contribution < 1.29 is 0 Å². The van der Waals surface area contributed by atoms with Gasteiger partial charge in [-0.3, -0.25) is 0 Å². The summed E-state index contributed by atoms with van der Waals surface area (Å²) in [6.07, 6.45) is 0. The van der Waals surface area contributed by atoms with Crippen molar-refractivity contribution in [2.45, 2.75) is 13.0 Å². The smallest absolute Gasteiger partial charge is 0.0773 e. The lowest BCUT2D eigenvalue weighted by Gasteiger charge is -2.13. The minimum absolute atomic E-state index is 0.318. The van der Waals surface area contributed by atoms with Crippen molar-refractivity contribution in [3.63, 3.8) is 0 Å². The normalized spacial score (nSPS) is 13.0. The molecule has 1 atom stereocenters. The SMILES string of the molecule is CNC(c1ccc(C)s1)c1sccc1Br. The Hall–Kier alpha value is -0.160. The van der Waals surface area contributed by atoms with Crippen LogP contribution in [0.1, 0.15) is 20.7 Å². The second-order valence-corrected chi connectivity index (χ2v) is 6.42. The number of hydrogen-bond donors (Lipinski definition) is 1. The zero-order valence-electron chi connectivity index (χ0n) is 8.58. The second kappa shape index (κ2) is 4.78. The third kappa shape index (κ3) is 2.33. The molecule has 2 heterocycles. The molecular formula is C11H12BrNS2. The standard InChI is InChI=1S/C11H12BrNS2/c1-7-3-4-9(15-7)10(13-2)11-8(12)5-6-14-11/h3-6,10,13H,1-2H3. The van der Waals surface area contributed by atoms with Crippen molar-refractivity contribution in [2.75, 3.05) is 7.05 Å². The highest BCUT2D eigenvalue weighted by Crippen LogP contribution is 2.35. The fourth-order valence-corrected chi connectivity index (χ4v) is 4.32. The molecule has 80 valence electrons. The quantitative estimate of drug-likeness (QED) is 0.896. The van der Waals surface area contributed by atoms with E-state index in [4.69, 9.17) is 0 Å². The Kier molecular flexibility index (Phi) is 3.61. The van der Waals surface area contributed by atoms with Crippen molar-refractivity contribution in [1.29, 1.82) is 0 Å². The van der Waals surface area contributed by atoms with E-state index in [9.17, 15) is 0 Å². The molecule has 2 aromatic rings. The highest BCUT2D eigenvalue weighted by Gasteiger charge is 2.17. The van der Waals surface area contributed by atoms with Crippen molar-refractivity contribution >= 4 is 38.6 Å². The Morgan fingerprint density at radius 3 is 2.60 bits per heavy atom. The molecule has 0 radical (unpaired) electrons. The molecule has 1 nitrogen and oxygen atoms in total. The molecule has 0 saturated carbocycles. The lowest BCUT2D eigenvalue weighted by atomic mass is 10.2. The number of halogens is 1. The molecule has 0 aliphatic rings. The molecule has 2 aromatic heterocycles. The van der Waals surface area contributed by atoms with E-state index >= 15 is 0 Å².